The topological polar surface area (TPSA) is 60.9 Å². The van der Waals surface area contributed by atoms with Crippen LogP contribution in [0.3, 0.4) is 0 Å². The van der Waals surface area contributed by atoms with E-state index in [1.54, 1.807) is 14.7 Å². The fourth-order valence-corrected chi connectivity index (χ4v) is 2.46. The molecule has 0 aromatic carbocycles. The maximum Gasteiger partial charge on any atom is 0.225 e. The molecule has 0 spiro atoms. The Morgan fingerprint density at radius 1 is 0.625 bits per heavy atom. The molecule has 140 valence electrons. The van der Waals surface area contributed by atoms with Crippen molar-refractivity contribution in [3.05, 3.63) is 0 Å². The Bertz CT molecular complexity index is 373. The van der Waals surface area contributed by atoms with Gasteiger partial charge in [0.1, 0.15) is 0 Å². The number of hydrogen-bond donors (Lipinski definition) is 0. The van der Waals surface area contributed by atoms with Crippen LogP contribution >= 0.6 is 0 Å². The zero-order chi connectivity index (χ0) is 18.5. The molecule has 6 heteroatoms. The predicted molar refractivity (Wildman–Crippen MR) is 95.8 cm³/mol. The van der Waals surface area contributed by atoms with Gasteiger partial charge in [-0.15, -0.1) is 0 Å². The highest BCUT2D eigenvalue weighted by molar-refractivity contribution is 5.81. The lowest BCUT2D eigenvalue weighted by atomic mass is 10.2. The van der Waals surface area contributed by atoms with E-state index in [2.05, 4.69) is 0 Å². The molecule has 1 heterocycles. The smallest absolute Gasteiger partial charge is 0.225 e. The zero-order valence-electron chi connectivity index (χ0n) is 16.1. The molecule has 1 aliphatic rings. The SMILES string of the molecule is CC.CCCCC(=O)N1CN(C(=O)CCC)CN(C(=O)CCC)C1. The van der Waals surface area contributed by atoms with Crippen LogP contribution in [0.5, 0.6) is 0 Å². The van der Waals surface area contributed by atoms with Crippen LogP contribution in [-0.4, -0.2) is 52.4 Å². The van der Waals surface area contributed by atoms with Gasteiger partial charge in [-0.05, 0) is 19.3 Å². The number of carbonyl (C=O) groups is 3. The average Bonchev–Trinajstić information content (AvgIpc) is 2.61. The Kier molecular flexibility index (Phi) is 11.9. The first kappa shape index (κ1) is 22.4. The summed E-state index contributed by atoms with van der Waals surface area (Å²) in [5, 5.41) is 0. The molecule has 0 saturated carbocycles. The molecule has 0 aliphatic carbocycles. The van der Waals surface area contributed by atoms with Crippen LogP contribution in [-0.2, 0) is 14.4 Å². The Balaban J connectivity index is 0.00000254. The number of rotatable bonds is 7. The van der Waals surface area contributed by atoms with Gasteiger partial charge >= 0.3 is 0 Å². The fraction of sp³-hybridized carbons (Fsp3) is 0.833. The molecular formula is C18H35N3O3. The van der Waals surface area contributed by atoms with Crippen molar-refractivity contribution in [3.63, 3.8) is 0 Å². The van der Waals surface area contributed by atoms with E-state index < -0.39 is 0 Å². The van der Waals surface area contributed by atoms with E-state index in [0.717, 1.165) is 25.7 Å². The van der Waals surface area contributed by atoms with E-state index in [1.807, 2.05) is 34.6 Å². The standard InChI is InChI=1S/C16H29N3O3.C2H6/c1-4-7-10-16(22)19-12-17(14(20)8-5-2)11-18(13-19)15(21)9-6-3;1-2/h4-13H2,1-3H3;1-2H3. The monoisotopic (exact) mass is 341 g/mol. The predicted octanol–water partition coefficient (Wildman–Crippen LogP) is 3.17. The number of carbonyl (C=O) groups excluding carboxylic acids is 3. The first-order chi connectivity index (χ1) is 11.5. The summed E-state index contributed by atoms with van der Waals surface area (Å²) < 4.78 is 0. The molecule has 1 fully saturated rings. The molecule has 1 rings (SSSR count). The summed E-state index contributed by atoms with van der Waals surface area (Å²) in [4.78, 5) is 41.4. The first-order valence-corrected chi connectivity index (χ1v) is 9.36. The molecule has 0 aromatic rings. The summed E-state index contributed by atoms with van der Waals surface area (Å²) in [5.41, 5.74) is 0. The first-order valence-electron chi connectivity index (χ1n) is 9.36. The lowest BCUT2D eigenvalue weighted by Gasteiger charge is -2.42. The van der Waals surface area contributed by atoms with Gasteiger partial charge in [0, 0.05) is 19.3 Å². The van der Waals surface area contributed by atoms with Gasteiger partial charge in [-0.1, -0.05) is 41.0 Å². The van der Waals surface area contributed by atoms with Crippen LogP contribution in [0.25, 0.3) is 0 Å². The van der Waals surface area contributed by atoms with Crippen molar-refractivity contribution in [1.29, 1.82) is 0 Å². The summed E-state index contributed by atoms with van der Waals surface area (Å²) in [5.74, 6) is 0.0275. The quantitative estimate of drug-likeness (QED) is 0.714. The van der Waals surface area contributed by atoms with Crippen molar-refractivity contribution in [2.24, 2.45) is 0 Å². The second-order valence-corrected chi connectivity index (χ2v) is 5.83. The van der Waals surface area contributed by atoms with Crippen molar-refractivity contribution in [1.82, 2.24) is 14.7 Å². The third-order valence-corrected chi connectivity index (χ3v) is 3.75. The van der Waals surface area contributed by atoms with Gasteiger partial charge in [0.25, 0.3) is 0 Å². The van der Waals surface area contributed by atoms with E-state index in [1.165, 1.54) is 0 Å². The van der Waals surface area contributed by atoms with Crippen LogP contribution < -0.4 is 0 Å². The van der Waals surface area contributed by atoms with Gasteiger partial charge in [0.15, 0.2) is 0 Å². The molecule has 0 unspecified atom stereocenters. The lowest BCUT2D eigenvalue weighted by molar-refractivity contribution is -0.158. The van der Waals surface area contributed by atoms with Gasteiger partial charge in [-0.25, -0.2) is 0 Å². The summed E-state index contributed by atoms with van der Waals surface area (Å²) in [7, 11) is 0. The number of nitrogens with zero attached hydrogens (tertiary/aromatic N) is 3. The molecule has 1 aliphatic heterocycles. The highest BCUT2D eigenvalue weighted by Crippen LogP contribution is 2.14. The molecule has 0 radical (unpaired) electrons. The van der Waals surface area contributed by atoms with Gasteiger partial charge in [0.05, 0.1) is 20.0 Å². The highest BCUT2D eigenvalue weighted by Gasteiger charge is 2.30. The minimum absolute atomic E-state index is 0.00444. The highest BCUT2D eigenvalue weighted by atomic mass is 16.2. The second-order valence-electron chi connectivity index (χ2n) is 5.83. The van der Waals surface area contributed by atoms with Gasteiger partial charge in [-0.3, -0.25) is 14.4 Å². The molecule has 24 heavy (non-hydrogen) atoms. The van der Waals surface area contributed by atoms with Crippen LogP contribution in [0.1, 0.15) is 79.6 Å². The Hall–Kier alpha value is -1.59. The maximum atomic E-state index is 12.3. The van der Waals surface area contributed by atoms with Crippen molar-refractivity contribution < 1.29 is 14.4 Å². The van der Waals surface area contributed by atoms with E-state index in [4.69, 9.17) is 0 Å². The largest absolute Gasteiger partial charge is 0.307 e. The average molecular weight is 341 g/mol. The van der Waals surface area contributed by atoms with Gasteiger partial charge in [-0.2, -0.15) is 0 Å². The third kappa shape index (κ3) is 7.32. The molecule has 0 bridgehead atoms. The van der Waals surface area contributed by atoms with Crippen LogP contribution in [0.4, 0.5) is 0 Å². The van der Waals surface area contributed by atoms with Crippen molar-refractivity contribution in [3.8, 4) is 0 Å². The summed E-state index contributed by atoms with van der Waals surface area (Å²) >= 11 is 0. The third-order valence-electron chi connectivity index (χ3n) is 3.75. The van der Waals surface area contributed by atoms with Crippen LogP contribution in [0, 0.1) is 0 Å². The number of hydrogen-bond acceptors (Lipinski definition) is 3. The minimum Gasteiger partial charge on any atom is -0.307 e. The molecule has 0 aromatic heterocycles. The van der Waals surface area contributed by atoms with Crippen LogP contribution in [0.15, 0.2) is 0 Å². The van der Waals surface area contributed by atoms with Gasteiger partial charge in [0.2, 0.25) is 17.7 Å². The normalized spacial score (nSPS) is 14.1. The van der Waals surface area contributed by atoms with Crippen molar-refractivity contribution in [2.45, 2.75) is 79.6 Å². The van der Waals surface area contributed by atoms with E-state index >= 15 is 0 Å². The second kappa shape index (κ2) is 12.8. The molecule has 3 amide bonds. The Morgan fingerprint density at radius 2 is 0.958 bits per heavy atom. The molecule has 6 nitrogen and oxygen atoms in total. The number of amides is 3. The van der Waals surface area contributed by atoms with Crippen molar-refractivity contribution in [2.75, 3.05) is 20.0 Å². The van der Waals surface area contributed by atoms with E-state index in [-0.39, 0.29) is 17.7 Å². The molecule has 1 saturated heterocycles. The summed E-state index contributed by atoms with van der Waals surface area (Å²) in [6.07, 6.45) is 4.70. The molecule has 0 N–H and O–H groups in total. The molecule has 0 atom stereocenters. The lowest BCUT2D eigenvalue weighted by Crippen LogP contribution is -2.59. The minimum atomic E-state index is 0.00444. The fourth-order valence-electron chi connectivity index (χ4n) is 2.46. The van der Waals surface area contributed by atoms with Crippen LogP contribution in [0.2, 0.25) is 0 Å². The molecular weight excluding hydrogens is 306 g/mol. The Morgan fingerprint density at radius 3 is 1.25 bits per heavy atom. The van der Waals surface area contributed by atoms with Crippen molar-refractivity contribution >= 4 is 17.7 Å². The van der Waals surface area contributed by atoms with E-state index in [9.17, 15) is 14.4 Å². The van der Waals surface area contributed by atoms with Gasteiger partial charge < -0.3 is 14.7 Å². The number of unbranched alkanes of at least 4 members (excludes halogenated alkanes) is 1. The Labute approximate surface area is 147 Å². The zero-order valence-corrected chi connectivity index (χ0v) is 16.1. The van der Waals surface area contributed by atoms with E-state index in [0.29, 0.717) is 39.3 Å². The summed E-state index contributed by atoms with van der Waals surface area (Å²) in [6.45, 7) is 10.8. The summed E-state index contributed by atoms with van der Waals surface area (Å²) in [6, 6.07) is 0. The maximum absolute atomic E-state index is 12.3.